The number of benzene rings is 1. The number of rotatable bonds is 6. The first-order chi connectivity index (χ1) is 8.26. The summed E-state index contributed by atoms with van der Waals surface area (Å²) in [6.07, 6.45) is 0.369. The molecule has 0 heterocycles. The topological polar surface area (TPSA) is 88.1 Å². The van der Waals surface area contributed by atoms with Gasteiger partial charge >= 0.3 is 0 Å². The van der Waals surface area contributed by atoms with Gasteiger partial charge in [0.15, 0.2) is 0 Å². The van der Waals surface area contributed by atoms with Crippen LogP contribution in [0.3, 0.4) is 0 Å². The van der Waals surface area contributed by atoms with Crippen LogP contribution in [0.2, 0.25) is 0 Å². The van der Waals surface area contributed by atoms with Gasteiger partial charge in [0, 0.05) is 12.2 Å². The zero-order chi connectivity index (χ0) is 12.5. The number of nitrogens with two attached hydrogens (primary N) is 1. The third-order valence-electron chi connectivity index (χ3n) is 2.02. The number of nitriles is 1. The maximum Gasteiger partial charge on any atom is 0.250 e. The van der Waals surface area contributed by atoms with Gasteiger partial charge in [-0.2, -0.15) is 5.26 Å². The second kappa shape index (κ2) is 7.39. The number of carbonyl (C=O) groups excluding carboxylic acids is 1. The Morgan fingerprint density at radius 3 is 2.71 bits per heavy atom. The largest absolute Gasteiger partial charge is 0.370 e. The second-order valence-electron chi connectivity index (χ2n) is 3.42. The summed E-state index contributed by atoms with van der Waals surface area (Å²) in [4.78, 5) is 11.4. The van der Waals surface area contributed by atoms with Crippen LogP contribution in [0.4, 0.5) is 5.69 Å². The zero-order valence-corrected chi connectivity index (χ0v) is 9.48. The van der Waals surface area contributed by atoms with Gasteiger partial charge in [-0.25, -0.2) is 0 Å². The number of anilines is 1. The summed E-state index contributed by atoms with van der Waals surface area (Å²) >= 11 is 0. The maximum atomic E-state index is 11.4. The van der Waals surface area contributed by atoms with E-state index in [1.807, 2.05) is 0 Å². The van der Waals surface area contributed by atoms with E-state index in [0.29, 0.717) is 25.3 Å². The fraction of sp³-hybridized carbons (Fsp3) is 0.333. The smallest absolute Gasteiger partial charge is 0.250 e. The molecule has 0 saturated carbocycles. The van der Waals surface area contributed by atoms with E-state index in [4.69, 9.17) is 15.7 Å². The highest BCUT2D eigenvalue weighted by Crippen LogP contribution is 2.09. The summed E-state index contributed by atoms with van der Waals surface area (Å²) in [5.41, 5.74) is 6.84. The molecule has 0 spiro atoms. The van der Waals surface area contributed by atoms with Crippen molar-refractivity contribution < 1.29 is 9.53 Å². The van der Waals surface area contributed by atoms with Crippen LogP contribution < -0.4 is 11.1 Å². The predicted molar refractivity (Wildman–Crippen MR) is 64.3 cm³/mol. The number of hydrogen-bond acceptors (Lipinski definition) is 4. The van der Waals surface area contributed by atoms with Gasteiger partial charge in [-0.05, 0) is 17.7 Å². The highest BCUT2D eigenvalue weighted by Gasteiger charge is 2.02. The quantitative estimate of drug-likeness (QED) is 0.707. The molecule has 0 saturated heterocycles. The molecule has 17 heavy (non-hydrogen) atoms. The van der Waals surface area contributed by atoms with Crippen molar-refractivity contribution in [2.24, 2.45) is 5.73 Å². The van der Waals surface area contributed by atoms with E-state index in [1.165, 1.54) is 0 Å². The third kappa shape index (κ3) is 5.11. The van der Waals surface area contributed by atoms with Crippen LogP contribution in [0.25, 0.3) is 0 Å². The molecule has 1 aromatic rings. The van der Waals surface area contributed by atoms with Gasteiger partial charge in [0.25, 0.3) is 0 Å². The molecular formula is C12H15N3O2. The molecule has 1 amide bonds. The molecule has 0 aliphatic carbocycles. The molecule has 0 unspecified atom stereocenters. The van der Waals surface area contributed by atoms with E-state index in [2.05, 4.69) is 11.4 Å². The zero-order valence-electron chi connectivity index (χ0n) is 9.48. The summed E-state index contributed by atoms with van der Waals surface area (Å²) in [5, 5.41) is 11.2. The van der Waals surface area contributed by atoms with Crippen LogP contribution in [0, 0.1) is 11.3 Å². The predicted octanol–water partition coefficient (Wildman–Crippen LogP) is 0.666. The van der Waals surface area contributed by atoms with Crippen molar-refractivity contribution in [3.63, 3.8) is 0 Å². The average Bonchev–Trinajstić information content (AvgIpc) is 2.32. The van der Waals surface area contributed by atoms with Crippen molar-refractivity contribution >= 4 is 11.6 Å². The van der Waals surface area contributed by atoms with Gasteiger partial charge in [-0.3, -0.25) is 4.79 Å². The summed E-state index contributed by atoms with van der Waals surface area (Å²) in [7, 11) is 0. The van der Waals surface area contributed by atoms with Gasteiger partial charge in [-0.15, -0.1) is 0 Å². The van der Waals surface area contributed by atoms with Crippen molar-refractivity contribution in [3.8, 4) is 6.07 Å². The standard InChI is InChI=1S/C12H15N3O2/c13-6-5-10-1-3-11(4-2-10)15-12(16)9-17-8-7-14/h1-4H,5,7-9,14H2,(H,15,16). The lowest BCUT2D eigenvalue weighted by Crippen LogP contribution is -2.20. The Bertz CT molecular complexity index is 395. The van der Waals surface area contributed by atoms with Crippen molar-refractivity contribution in [2.45, 2.75) is 6.42 Å². The number of hydrogen-bond donors (Lipinski definition) is 2. The Morgan fingerprint density at radius 2 is 2.12 bits per heavy atom. The van der Waals surface area contributed by atoms with E-state index in [9.17, 15) is 4.79 Å². The molecule has 1 rings (SSSR count). The van der Waals surface area contributed by atoms with Crippen molar-refractivity contribution in [1.29, 1.82) is 5.26 Å². The van der Waals surface area contributed by atoms with Crippen LogP contribution >= 0.6 is 0 Å². The maximum absolute atomic E-state index is 11.4. The normalized spacial score (nSPS) is 9.65. The van der Waals surface area contributed by atoms with Gasteiger partial charge in [0.1, 0.15) is 6.61 Å². The molecule has 0 bridgehead atoms. The molecule has 0 atom stereocenters. The van der Waals surface area contributed by atoms with E-state index in [1.54, 1.807) is 24.3 Å². The molecule has 0 aliphatic rings. The first-order valence-electron chi connectivity index (χ1n) is 5.30. The Morgan fingerprint density at radius 1 is 1.41 bits per heavy atom. The SMILES string of the molecule is N#CCc1ccc(NC(=O)COCCN)cc1. The number of nitrogens with zero attached hydrogens (tertiary/aromatic N) is 1. The molecule has 5 heteroatoms. The molecule has 90 valence electrons. The van der Waals surface area contributed by atoms with Crippen molar-refractivity contribution in [1.82, 2.24) is 0 Å². The molecule has 0 aromatic heterocycles. The van der Waals surface area contributed by atoms with E-state index >= 15 is 0 Å². The van der Waals surface area contributed by atoms with Gasteiger partial charge in [0.2, 0.25) is 5.91 Å². The third-order valence-corrected chi connectivity index (χ3v) is 2.02. The van der Waals surface area contributed by atoms with Crippen LogP contribution in [-0.2, 0) is 16.0 Å². The van der Waals surface area contributed by atoms with Crippen LogP contribution in [-0.4, -0.2) is 25.7 Å². The summed E-state index contributed by atoms with van der Waals surface area (Å²) in [5.74, 6) is -0.216. The van der Waals surface area contributed by atoms with Crippen LogP contribution in [0.1, 0.15) is 5.56 Å². The van der Waals surface area contributed by atoms with Crippen molar-refractivity contribution in [2.75, 3.05) is 25.1 Å². The van der Waals surface area contributed by atoms with Gasteiger partial charge in [-0.1, -0.05) is 12.1 Å². The molecular weight excluding hydrogens is 218 g/mol. The number of nitrogens with one attached hydrogen (secondary N) is 1. The highest BCUT2D eigenvalue weighted by molar-refractivity contribution is 5.91. The minimum atomic E-state index is -0.216. The van der Waals surface area contributed by atoms with Gasteiger partial charge in [0.05, 0.1) is 19.1 Å². The fourth-order valence-corrected chi connectivity index (χ4v) is 1.24. The van der Waals surface area contributed by atoms with Gasteiger partial charge < -0.3 is 15.8 Å². The average molecular weight is 233 g/mol. The minimum absolute atomic E-state index is 0.00283. The highest BCUT2D eigenvalue weighted by atomic mass is 16.5. The molecule has 0 radical (unpaired) electrons. The number of amides is 1. The van der Waals surface area contributed by atoms with Crippen LogP contribution in [0.15, 0.2) is 24.3 Å². The second-order valence-corrected chi connectivity index (χ2v) is 3.42. The Labute approximate surface area is 100 Å². The fourth-order valence-electron chi connectivity index (χ4n) is 1.24. The summed E-state index contributed by atoms with van der Waals surface area (Å²) in [6.45, 7) is 0.766. The summed E-state index contributed by atoms with van der Waals surface area (Å²) in [6, 6.07) is 9.18. The number of ether oxygens (including phenoxy) is 1. The Hall–Kier alpha value is -1.90. The molecule has 5 nitrogen and oxygen atoms in total. The first kappa shape index (κ1) is 13.2. The lowest BCUT2D eigenvalue weighted by atomic mass is 10.1. The summed E-state index contributed by atoms with van der Waals surface area (Å²) < 4.78 is 5.00. The molecule has 1 aromatic carbocycles. The Kier molecular flexibility index (Phi) is 5.72. The van der Waals surface area contributed by atoms with E-state index in [0.717, 1.165) is 5.56 Å². The van der Waals surface area contributed by atoms with E-state index < -0.39 is 0 Å². The molecule has 0 fully saturated rings. The number of carbonyl (C=O) groups is 1. The Balaban J connectivity index is 2.41. The molecule has 0 aliphatic heterocycles. The lowest BCUT2D eigenvalue weighted by molar-refractivity contribution is -0.120. The molecule has 3 N–H and O–H groups in total. The lowest BCUT2D eigenvalue weighted by Gasteiger charge is -2.06. The minimum Gasteiger partial charge on any atom is -0.370 e. The van der Waals surface area contributed by atoms with Crippen molar-refractivity contribution in [3.05, 3.63) is 29.8 Å². The van der Waals surface area contributed by atoms with Crippen LogP contribution in [0.5, 0.6) is 0 Å². The van der Waals surface area contributed by atoms with E-state index in [-0.39, 0.29) is 12.5 Å². The monoisotopic (exact) mass is 233 g/mol. The first-order valence-corrected chi connectivity index (χ1v) is 5.30.